The number of nitrogens with zero attached hydrogens (tertiary/aromatic N) is 1. The Morgan fingerprint density at radius 2 is 2.22 bits per heavy atom. The molecule has 0 aliphatic heterocycles. The Kier molecular flexibility index (Phi) is 3.21. The molecule has 1 aromatic rings. The summed E-state index contributed by atoms with van der Waals surface area (Å²) in [5, 5.41) is 8.74. The predicted octanol–water partition coefficient (Wildman–Crippen LogP) is 0.731. The Balaban J connectivity index is 2.42. The van der Waals surface area contributed by atoms with Crippen LogP contribution in [0.4, 0.5) is 0 Å². The van der Waals surface area contributed by atoms with Gasteiger partial charge in [-0.2, -0.15) is 0 Å². The number of aromatic amines is 1. The molecular weight excluding hydrogens is 236 g/mol. The van der Waals surface area contributed by atoms with Crippen LogP contribution in [0.15, 0.2) is 4.79 Å². The van der Waals surface area contributed by atoms with E-state index in [-0.39, 0.29) is 17.5 Å². The molecule has 1 saturated carbocycles. The number of aromatic nitrogens is 2. The highest BCUT2D eigenvalue weighted by Crippen LogP contribution is 2.42. The van der Waals surface area contributed by atoms with E-state index in [2.05, 4.69) is 9.97 Å². The molecule has 6 nitrogen and oxygen atoms in total. The molecule has 2 N–H and O–H groups in total. The van der Waals surface area contributed by atoms with Crippen LogP contribution in [0, 0.1) is 6.92 Å². The molecular formula is C12H16N2O4. The summed E-state index contributed by atoms with van der Waals surface area (Å²) >= 11 is 0. The topological polar surface area (TPSA) is 92.3 Å². The molecule has 0 spiro atoms. The lowest BCUT2D eigenvalue weighted by Gasteiger charge is -2.39. The van der Waals surface area contributed by atoms with Crippen LogP contribution in [0.25, 0.3) is 0 Å². The van der Waals surface area contributed by atoms with Crippen LogP contribution < -0.4 is 5.56 Å². The van der Waals surface area contributed by atoms with Gasteiger partial charge in [0.05, 0.1) is 6.42 Å². The van der Waals surface area contributed by atoms with Crippen molar-refractivity contribution in [2.45, 2.75) is 38.2 Å². The summed E-state index contributed by atoms with van der Waals surface area (Å²) in [7, 11) is 1.60. The van der Waals surface area contributed by atoms with Gasteiger partial charge in [-0.15, -0.1) is 0 Å². The van der Waals surface area contributed by atoms with E-state index in [0.717, 1.165) is 19.3 Å². The molecule has 1 fully saturated rings. The summed E-state index contributed by atoms with van der Waals surface area (Å²) in [5.41, 5.74) is -0.217. The number of ether oxygens (including phenoxy) is 1. The van der Waals surface area contributed by atoms with Crippen molar-refractivity contribution < 1.29 is 14.6 Å². The first-order valence-electron chi connectivity index (χ1n) is 5.86. The molecule has 0 bridgehead atoms. The summed E-state index contributed by atoms with van der Waals surface area (Å²) in [5.74, 6) is -0.531. The predicted molar refractivity (Wildman–Crippen MR) is 63.5 cm³/mol. The van der Waals surface area contributed by atoms with Crippen LogP contribution in [0.3, 0.4) is 0 Å². The largest absolute Gasteiger partial charge is 0.481 e. The van der Waals surface area contributed by atoms with Crippen LogP contribution in [0.2, 0.25) is 0 Å². The van der Waals surface area contributed by atoms with Gasteiger partial charge in [-0.1, -0.05) is 0 Å². The first kappa shape index (κ1) is 12.8. The fourth-order valence-corrected chi connectivity index (χ4v) is 2.22. The van der Waals surface area contributed by atoms with Crippen LogP contribution in [-0.2, 0) is 21.6 Å². The van der Waals surface area contributed by atoms with Crippen molar-refractivity contribution in [2.24, 2.45) is 0 Å². The maximum Gasteiger partial charge on any atom is 0.308 e. The van der Waals surface area contributed by atoms with E-state index in [9.17, 15) is 9.59 Å². The number of aliphatic carboxylic acids is 1. The number of methoxy groups -OCH3 is 1. The molecule has 1 heterocycles. The number of carbonyl (C=O) groups is 1. The van der Waals surface area contributed by atoms with Gasteiger partial charge in [0.1, 0.15) is 11.4 Å². The van der Waals surface area contributed by atoms with Crippen molar-refractivity contribution in [3.05, 3.63) is 27.4 Å². The second kappa shape index (κ2) is 4.53. The van der Waals surface area contributed by atoms with Crippen molar-refractivity contribution in [3.63, 3.8) is 0 Å². The molecule has 0 amide bonds. The maximum absolute atomic E-state index is 11.9. The van der Waals surface area contributed by atoms with Crippen LogP contribution in [0.1, 0.15) is 36.3 Å². The van der Waals surface area contributed by atoms with Gasteiger partial charge in [0.25, 0.3) is 5.56 Å². The Labute approximate surface area is 104 Å². The van der Waals surface area contributed by atoms with Crippen molar-refractivity contribution >= 4 is 5.97 Å². The lowest BCUT2D eigenvalue weighted by atomic mass is 9.79. The Bertz CT molecular complexity index is 526. The van der Waals surface area contributed by atoms with Crippen molar-refractivity contribution in [1.82, 2.24) is 9.97 Å². The number of hydrogen-bond donors (Lipinski definition) is 2. The zero-order valence-corrected chi connectivity index (χ0v) is 10.4. The molecule has 0 aromatic carbocycles. The zero-order valence-electron chi connectivity index (χ0n) is 10.4. The van der Waals surface area contributed by atoms with E-state index in [1.807, 2.05) is 0 Å². The monoisotopic (exact) mass is 252 g/mol. The van der Waals surface area contributed by atoms with Gasteiger partial charge in [0.2, 0.25) is 0 Å². The second-order valence-corrected chi connectivity index (χ2v) is 4.60. The van der Waals surface area contributed by atoms with E-state index in [4.69, 9.17) is 9.84 Å². The average Bonchev–Trinajstić information content (AvgIpc) is 2.22. The van der Waals surface area contributed by atoms with Crippen molar-refractivity contribution in [1.29, 1.82) is 0 Å². The number of carboxylic acid groups (broad SMARTS) is 1. The summed E-state index contributed by atoms with van der Waals surface area (Å²) in [6, 6.07) is 0. The lowest BCUT2D eigenvalue weighted by molar-refractivity contribution is -0.136. The molecule has 18 heavy (non-hydrogen) atoms. The zero-order chi connectivity index (χ0) is 13.3. The molecule has 6 heteroatoms. The van der Waals surface area contributed by atoms with Gasteiger partial charge in [0, 0.05) is 18.4 Å². The number of H-pyrrole nitrogens is 1. The van der Waals surface area contributed by atoms with Gasteiger partial charge in [-0.05, 0) is 26.2 Å². The third kappa shape index (κ3) is 2.03. The van der Waals surface area contributed by atoms with Gasteiger partial charge >= 0.3 is 5.97 Å². The van der Waals surface area contributed by atoms with Crippen LogP contribution >= 0.6 is 0 Å². The third-order valence-electron chi connectivity index (χ3n) is 3.53. The van der Waals surface area contributed by atoms with Crippen LogP contribution in [0.5, 0.6) is 0 Å². The van der Waals surface area contributed by atoms with Crippen molar-refractivity contribution in [3.8, 4) is 0 Å². The number of nitrogens with one attached hydrogen (secondary N) is 1. The second-order valence-electron chi connectivity index (χ2n) is 4.60. The number of hydrogen-bond acceptors (Lipinski definition) is 4. The average molecular weight is 252 g/mol. The summed E-state index contributed by atoms with van der Waals surface area (Å²) < 4.78 is 5.44. The number of aryl methyl sites for hydroxylation is 1. The maximum atomic E-state index is 11.9. The van der Waals surface area contributed by atoms with Crippen molar-refractivity contribution in [2.75, 3.05) is 7.11 Å². The molecule has 0 radical (unpaired) electrons. The lowest BCUT2D eigenvalue weighted by Crippen LogP contribution is -2.40. The first-order chi connectivity index (χ1) is 8.48. The smallest absolute Gasteiger partial charge is 0.308 e. The number of carboxylic acids is 1. The van der Waals surface area contributed by atoms with Gasteiger partial charge in [-0.25, -0.2) is 4.98 Å². The molecule has 1 aliphatic carbocycles. The highest BCUT2D eigenvalue weighted by molar-refractivity contribution is 5.70. The Morgan fingerprint density at radius 3 is 2.61 bits per heavy atom. The SMILES string of the molecule is COC1(c2nc(C)c(CC(=O)O)c(=O)[nH]2)CCC1. The fourth-order valence-electron chi connectivity index (χ4n) is 2.22. The van der Waals surface area contributed by atoms with Gasteiger partial charge in [0.15, 0.2) is 0 Å². The highest BCUT2D eigenvalue weighted by Gasteiger charge is 2.41. The number of rotatable bonds is 4. The highest BCUT2D eigenvalue weighted by atomic mass is 16.5. The minimum Gasteiger partial charge on any atom is -0.481 e. The van der Waals surface area contributed by atoms with Gasteiger partial charge < -0.3 is 14.8 Å². The molecule has 0 unspecified atom stereocenters. The molecule has 1 aliphatic rings. The molecule has 0 atom stereocenters. The minimum atomic E-state index is -1.04. The van der Waals surface area contributed by atoms with Crippen LogP contribution in [-0.4, -0.2) is 28.2 Å². The van der Waals surface area contributed by atoms with E-state index in [1.54, 1.807) is 14.0 Å². The summed E-state index contributed by atoms with van der Waals surface area (Å²) in [6.07, 6.45) is 2.37. The molecule has 0 saturated heterocycles. The first-order valence-corrected chi connectivity index (χ1v) is 5.86. The molecule has 98 valence electrons. The van der Waals surface area contributed by atoms with E-state index in [1.165, 1.54) is 0 Å². The van der Waals surface area contributed by atoms with E-state index < -0.39 is 11.6 Å². The summed E-state index contributed by atoms with van der Waals surface area (Å²) in [4.78, 5) is 29.5. The quantitative estimate of drug-likeness (QED) is 0.824. The minimum absolute atomic E-state index is 0.205. The fraction of sp³-hybridized carbons (Fsp3) is 0.583. The molecule has 2 rings (SSSR count). The Hall–Kier alpha value is -1.69. The third-order valence-corrected chi connectivity index (χ3v) is 3.53. The Morgan fingerprint density at radius 1 is 1.56 bits per heavy atom. The van der Waals surface area contributed by atoms with Gasteiger partial charge in [-0.3, -0.25) is 9.59 Å². The standard InChI is InChI=1S/C12H16N2O4/c1-7-8(6-9(15)16)10(17)14-11(13-7)12(18-2)4-3-5-12/h3-6H2,1-2H3,(H,15,16)(H,13,14,17). The normalized spacial score (nSPS) is 17.2. The van der Waals surface area contributed by atoms with E-state index >= 15 is 0 Å². The summed E-state index contributed by atoms with van der Waals surface area (Å²) in [6.45, 7) is 1.65. The molecule has 1 aromatic heterocycles. The van der Waals surface area contributed by atoms with E-state index in [0.29, 0.717) is 11.5 Å².